The summed E-state index contributed by atoms with van der Waals surface area (Å²) in [6, 6.07) is 4.86. The van der Waals surface area contributed by atoms with E-state index in [-0.39, 0.29) is 13.0 Å². The van der Waals surface area contributed by atoms with Gasteiger partial charge in [0, 0.05) is 28.8 Å². The van der Waals surface area contributed by atoms with E-state index in [4.69, 9.17) is 28.9 Å². The van der Waals surface area contributed by atoms with Crippen LogP contribution in [0.3, 0.4) is 0 Å². The van der Waals surface area contributed by atoms with Gasteiger partial charge in [-0.25, -0.2) is 19.6 Å². The highest BCUT2D eigenvalue weighted by Crippen LogP contribution is 2.38. The zero-order chi connectivity index (χ0) is 27.8. The van der Waals surface area contributed by atoms with Gasteiger partial charge in [0.05, 0.1) is 32.0 Å². The number of hydrogen-bond acceptors (Lipinski definition) is 9. The monoisotopic (exact) mass is 541 g/mol. The Morgan fingerprint density at radius 3 is 2.47 bits per heavy atom. The maximum absolute atomic E-state index is 12.9. The minimum atomic E-state index is -0.804. The molecule has 3 heterocycles. The number of amides is 1. The molecule has 0 spiro atoms. The molecule has 0 unspecified atom stereocenters. The molecule has 204 valence electrons. The van der Waals surface area contributed by atoms with Gasteiger partial charge in [0.2, 0.25) is 0 Å². The van der Waals surface area contributed by atoms with Gasteiger partial charge >= 0.3 is 12.1 Å². The number of carbonyl (C=O) groups excluding carboxylic acids is 2. The molecule has 1 aliphatic rings. The van der Waals surface area contributed by atoms with E-state index in [1.165, 1.54) is 23.3 Å². The van der Waals surface area contributed by atoms with E-state index in [1.807, 2.05) is 30.5 Å². The molecule has 1 aliphatic heterocycles. The van der Waals surface area contributed by atoms with Crippen molar-refractivity contribution in [2.75, 3.05) is 20.8 Å². The van der Waals surface area contributed by atoms with E-state index in [0.29, 0.717) is 17.4 Å². The SMILES string of the molecule is COC(=O)[C@@H]1C[C@@H](Oc2cc(-c3nc(C(C)C)cs3)nc3c(C)c(OC)ccc23)CN1C(=O)OC(C)(C)C. The van der Waals surface area contributed by atoms with Crippen LogP contribution in [-0.4, -0.2) is 65.4 Å². The highest BCUT2D eigenvalue weighted by Gasteiger charge is 2.43. The zero-order valence-corrected chi connectivity index (χ0v) is 24.0. The summed E-state index contributed by atoms with van der Waals surface area (Å²) in [7, 11) is 2.93. The van der Waals surface area contributed by atoms with Gasteiger partial charge in [-0.2, -0.15) is 0 Å². The van der Waals surface area contributed by atoms with Gasteiger partial charge < -0.3 is 18.9 Å². The molecule has 1 amide bonds. The van der Waals surface area contributed by atoms with Crippen molar-refractivity contribution < 1.29 is 28.5 Å². The Hall–Kier alpha value is -3.40. The van der Waals surface area contributed by atoms with E-state index >= 15 is 0 Å². The molecule has 1 aromatic carbocycles. The molecule has 1 saturated heterocycles. The largest absolute Gasteiger partial charge is 0.496 e. The molecule has 3 aromatic rings. The first-order chi connectivity index (χ1) is 17.9. The number of aromatic nitrogens is 2. The smallest absolute Gasteiger partial charge is 0.411 e. The van der Waals surface area contributed by atoms with Crippen LogP contribution in [0.2, 0.25) is 0 Å². The van der Waals surface area contributed by atoms with E-state index in [2.05, 4.69) is 13.8 Å². The van der Waals surface area contributed by atoms with Crippen molar-refractivity contribution >= 4 is 34.3 Å². The van der Waals surface area contributed by atoms with Crippen LogP contribution in [-0.2, 0) is 14.3 Å². The predicted octanol–water partition coefficient (Wildman–Crippen LogP) is 5.73. The lowest BCUT2D eigenvalue weighted by Gasteiger charge is -2.27. The lowest BCUT2D eigenvalue weighted by Crippen LogP contribution is -2.44. The van der Waals surface area contributed by atoms with Gasteiger partial charge in [-0.3, -0.25) is 4.90 Å². The number of likely N-dealkylation sites (tertiary alicyclic amines) is 1. The van der Waals surface area contributed by atoms with Crippen LogP contribution in [0, 0.1) is 6.92 Å². The summed E-state index contributed by atoms with van der Waals surface area (Å²) >= 11 is 1.53. The van der Waals surface area contributed by atoms with Crippen molar-refractivity contribution in [3.8, 4) is 22.2 Å². The third-order valence-electron chi connectivity index (χ3n) is 6.36. The Labute approximate surface area is 227 Å². The standard InChI is InChI=1S/C28H35N3O6S/c1-15(2)20-14-38-25(30-20)19-12-23(18-9-10-22(34-7)16(3)24(18)29-19)36-17-11-21(26(32)35-8)31(13-17)27(33)37-28(4,5)6/h9-10,12,14-15,17,21H,11,13H2,1-8H3/t17-,21+/m1/s1. The second-order valence-corrected chi connectivity index (χ2v) is 11.5. The Kier molecular flexibility index (Phi) is 7.83. The van der Waals surface area contributed by atoms with E-state index < -0.39 is 29.8 Å². The summed E-state index contributed by atoms with van der Waals surface area (Å²) in [4.78, 5) is 36.6. The van der Waals surface area contributed by atoms with Crippen molar-refractivity contribution in [3.63, 3.8) is 0 Å². The van der Waals surface area contributed by atoms with E-state index in [9.17, 15) is 9.59 Å². The van der Waals surface area contributed by atoms with Crippen LogP contribution in [0.5, 0.6) is 11.5 Å². The number of fused-ring (bicyclic) bond motifs is 1. The number of pyridine rings is 1. The third-order valence-corrected chi connectivity index (χ3v) is 7.24. The van der Waals surface area contributed by atoms with E-state index in [1.54, 1.807) is 27.9 Å². The molecule has 0 radical (unpaired) electrons. The Balaban J connectivity index is 1.73. The maximum Gasteiger partial charge on any atom is 0.411 e. The fraction of sp³-hybridized carbons (Fsp3) is 0.500. The predicted molar refractivity (Wildman–Crippen MR) is 146 cm³/mol. The van der Waals surface area contributed by atoms with Crippen molar-refractivity contribution in [1.82, 2.24) is 14.9 Å². The average molecular weight is 542 g/mol. The van der Waals surface area contributed by atoms with Crippen LogP contribution in [0.15, 0.2) is 23.6 Å². The Morgan fingerprint density at radius 2 is 1.87 bits per heavy atom. The van der Waals surface area contributed by atoms with Crippen LogP contribution < -0.4 is 9.47 Å². The van der Waals surface area contributed by atoms with Crippen molar-refractivity contribution in [3.05, 3.63) is 34.8 Å². The molecule has 2 atom stereocenters. The summed E-state index contributed by atoms with van der Waals surface area (Å²) in [5.74, 6) is 1.10. The van der Waals surface area contributed by atoms with Crippen LogP contribution in [0.25, 0.3) is 21.6 Å². The normalized spacial score (nSPS) is 17.7. The number of nitrogens with zero attached hydrogens (tertiary/aromatic N) is 3. The van der Waals surface area contributed by atoms with Crippen LogP contribution >= 0.6 is 11.3 Å². The second-order valence-electron chi connectivity index (χ2n) is 10.7. The van der Waals surface area contributed by atoms with Gasteiger partial charge in [-0.05, 0) is 45.7 Å². The minimum Gasteiger partial charge on any atom is -0.496 e. The van der Waals surface area contributed by atoms with Gasteiger partial charge in [0.25, 0.3) is 0 Å². The van der Waals surface area contributed by atoms with Crippen LogP contribution in [0.4, 0.5) is 4.79 Å². The van der Waals surface area contributed by atoms with E-state index in [0.717, 1.165) is 32.9 Å². The molecule has 9 nitrogen and oxygen atoms in total. The molecule has 38 heavy (non-hydrogen) atoms. The van der Waals surface area contributed by atoms with Crippen molar-refractivity contribution in [2.45, 2.75) is 71.6 Å². The van der Waals surface area contributed by atoms with Gasteiger partial charge in [0.15, 0.2) is 0 Å². The molecule has 0 N–H and O–H groups in total. The number of hydrogen-bond donors (Lipinski definition) is 0. The lowest BCUT2D eigenvalue weighted by molar-refractivity contribution is -0.145. The van der Waals surface area contributed by atoms with Gasteiger partial charge in [-0.1, -0.05) is 13.8 Å². The summed E-state index contributed by atoms with van der Waals surface area (Å²) < 4.78 is 22.6. The highest BCUT2D eigenvalue weighted by molar-refractivity contribution is 7.13. The summed E-state index contributed by atoms with van der Waals surface area (Å²) in [5.41, 5.74) is 2.61. The molecule has 10 heteroatoms. The quantitative estimate of drug-likeness (QED) is 0.365. The van der Waals surface area contributed by atoms with Gasteiger partial charge in [-0.15, -0.1) is 11.3 Å². The first-order valence-electron chi connectivity index (χ1n) is 12.6. The average Bonchev–Trinajstić information content (AvgIpc) is 3.51. The number of methoxy groups -OCH3 is 2. The topological polar surface area (TPSA) is 100 Å². The zero-order valence-electron chi connectivity index (χ0n) is 23.2. The third kappa shape index (κ3) is 5.70. The molecule has 4 rings (SSSR count). The summed E-state index contributed by atoms with van der Waals surface area (Å²) in [5, 5.41) is 3.64. The molecule has 1 fully saturated rings. The minimum absolute atomic E-state index is 0.178. The number of aryl methyl sites for hydroxylation is 1. The fourth-order valence-corrected chi connectivity index (χ4v) is 5.36. The summed E-state index contributed by atoms with van der Waals surface area (Å²) in [6.07, 6.45) is -0.770. The number of benzene rings is 1. The summed E-state index contributed by atoms with van der Waals surface area (Å²) in [6.45, 7) is 11.7. The van der Waals surface area contributed by atoms with Crippen molar-refractivity contribution in [2.24, 2.45) is 0 Å². The molecule has 2 aromatic heterocycles. The maximum atomic E-state index is 12.9. The molecule has 0 bridgehead atoms. The number of esters is 1. The molecule has 0 saturated carbocycles. The fourth-order valence-electron chi connectivity index (χ4n) is 4.42. The first kappa shape index (κ1) is 27.6. The highest BCUT2D eigenvalue weighted by atomic mass is 32.1. The number of thiazole rings is 1. The van der Waals surface area contributed by atoms with Crippen molar-refractivity contribution in [1.29, 1.82) is 0 Å². The first-order valence-corrected chi connectivity index (χ1v) is 13.5. The lowest BCUT2D eigenvalue weighted by atomic mass is 10.1. The van der Waals surface area contributed by atoms with Crippen LogP contribution in [0.1, 0.15) is 58.2 Å². The Morgan fingerprint density at radius 1 is 1.13 bits per heavy atom. The van der Waals surface area contributed by atoms with Gasteiger partial charge in [0.1, 0.15) is 39.9 Å². The number of carbonyl (C=O) groups is 2. The molecular weight excluding hydrogens is 506 g/mol. The number of rotatable bonds is 6. The molecular formula is C28H35N3O6S. The Bertz CT molecular complexity index is 1350. The molecule has 0 aliphatic carbocycles. The second kappa shape index (κ2) is 10.8. The number of ether oxygens (including phenoxy) is 4.